The second-order valence-electron chi connectivity index (χ2n) is 6.02. The summed E-state index contributed by atoms with van der Waals surface area (Å²) in [4.78, 5) is 23.0. The van der Waals surface area contributed by atoms with Crippen LogP contribution < -0.4 is 15.5 Å². The number of aliphatic carboxylic acids is 1. The standard InChI is InChI=1S/C20H17ClO5/c1-11-15-7-8-17(25-10-13-3-5-14(21)6-4-13)12(2)19(15)26-20(24)16(11)9-18(22)23/h3-8H,9-10H2,1-2H3,(H,22,23)/p-1. The van der Waals surface area contributed by atoms with Gasteiger partial charge in [-0.1, -0.05) is 23.7 Å². The maximum absolute atomic E-state index is 12.2. The van der Waals surface area contributed by atoms with Crippen molar-refractivity contribution >= 4 is 28.5 Å². The Labute approximate surface area is 154 Å². The molecule has 0 atom stereocenters. The molecule has 26 heavy (non-hydrogen) atoms. The van der Waals surface area contributed by atoms with E-state index in [0.717, 1.165) is 5.56 Å². The summed E-state index contributed by atoms with van der Waals surface area (Å²) in [5.41, 5.74) is 2.03. The third-order valence-electron chi connectivity index (χ3n) is 4.28. The predicted octanol–water partition coefficient (Wildman–Crippen LogP) is 2.93. The summed E-state index contributed by atoms with van der Waals surface area (Å²) in [5.74, 6) is -0.734. The van der Waals surface area contributed by atoms with E-state index < -0.39 is 18.0 Å². The van der Waals surface area contributed by atoms with E-state index in [0.29, 0.717) is 39.5 Å². The third kappa shape index (κ3) is 3.58. The number of hydrogen-bond acceptors (Lipinski definition) is 5. The van der Waals surface area contributed by atoms with E-state index in [2.05, 4.69) is 0 Å². The van der Waals surface area contributed by atoms with Gasteiger partial charge in [0.1, 0.15) is 17.9 Å². The molecule has 0 fully saturated rings. The molecule has 6 heteroatoms. The van der Waals surface area contributed by atoms with E-state index >= 15 is 0 Å². The number of aryl methyl sites for hydroxylation is 2. The van der Waals surface area contributed by atoms with Gasteiger partial charge >= 0.3 is 5.63 Å². The summed E-state index contributed by atoms with van der Waals surface area (Å²) >= 11 is 5.87. The number of carbonyl (C=O) groups excluding carboxylic acids is 1. The molecule has 0 saturated carbocycles. The lowest BCUT2D eigenvalue weighted by molar-refractivity contribution is -0.304. The molecule has 0 bridgehead atoms. The van der Waals surface area contributed by atoms with E-state index in [1.807, 2.05) is 12.1 Å². The summed E-state index contributed by atoms with van der Waals surface area (Å²) in [5, 5.41) is 12.2. The Balaban J connectivity index is 1.96. The van der Waals surface area contributed by atoms with E-state index in [4.69, 9.17) is 20.8 Å². The molecule has 0 saturated heterocycles. The van der Waals surface area contributed by atoms with Crippen LogP contribution >= 0.6 is 11.6 Å². The number of fused-ring (bicyclic) bond motifs is 1. The largest absolute Gasteiger partial charge is 0.550 e. The number of halogens is 1. The first-order valence-corrected chi connectivity index (χ1v) is 8.37. The Morgan fingerprint density at radius 1 is 1.12 bits per heavy atom. The van der Waals surface area contributed by atoms with Gasteiger partial charge in [0.05, 0.1) is 0 Å². The molecule has 0 aliphatic carbocycles. The molecule has 0 unspecified atom stereocenters. The molecule has 1 heterocycles. The van der Waals surface area contributed by atoms with Crippen LogP contribution in [0.2, 0.25) is 5.02 Å². The molecule has 0 amide bonds. The summed E-state index contributed by atoms with van der Waals surface area (Å²) in [6.07, 6.45) is -0.474. The SMILES string of the molecule is Cc1c(CC(=O)[O-])c(=O)oc2c(C)c(OCc3ccc(Cl)cc3)ccc12. The first-order valence-electron chi connectivity index (χ1n) is 8.00. The average Bonchev–Trinajstić information content (AvgIpc) is 2.60. The second-order valence-corrected chi connectivity index (χ2v) is 6.46. The highest BCUT2D eigenvalue weighted by molar-refractivity contribution is 6.30. The predicted molar refractivity (Wildman–Crippen MR) is 96.5 cm³/mol. The molecule has 2 aromatic carbocycles. The summed E-state index contributed by atoms with van der Waals surface area (Å²) in [6, 6.07) is 10.9. The summed E-state index contributed by atoms with van der Waals surface area (Å²) in [6.45, 7) is 3.83. The fraction of sp³-hybridized carbons (Fsp3) is 0.200. The minimum absolute atomic E-state index is 0.103. The van der Waals surface area contributed by atoms with Crippen LogP contribution in [0.25, 0.3) is 11.0 Å². The van der Waals surface area contributed by atoms with Crippen LogP contribution in [-0.4, -0.2) is 5.97 Å². The van der Waals surface area contributed by atoms with Gasteiger partial charge in [0, 0.05) is 33.9 Å². The summed E-state index contributed by atoms with van der Waals surface area (Å²) < 4.78 is 11.2. The molecule has 0 spiro atoms. The van der Waals surface area contributed by atoms with Crippen molar-refractivity contribution in [2.45, 2.75) is 26.9 Å². The van der Waals surface area contributed by atoms with Crippen LogP contribution in [0, 0.1) is 13.8 Å². The van der Waals surface area contributed by atoms with Gasteiger partial charge in [-0.05, 0) is 49.2 Å². The number of carbonyl (C=O) groups is 1. The Hall–Kier alpha value is -2.79. The number of rotatable bonds is 5. The highest BCUT2D eigenvalue weighted by atomic mass is 35.5. The first kappa shape index (κ1) is 18.0. The lowest BCUT2D eigenvalue weighted by Gasteiger charge is -2.13. The molecular weight excluding hydrogens is 356 g/mol. The summed E-state index contributed by atoms with van der Waals surface area (Å²) in [7, 11) is 0. The third-order valence-corrected chi connectivity index (χ3v) is 4.53. The topological polar surface area (TPSA) is 79.6 Å². The van der Waals surface area contributed by atoms with E-state index in [1.165, 1.54) is 0 Å². The monoisotopic (exact) mass is 371 g/mol. The number of carboxylic acid groups (broad SMARTS) is 1. The van der Waals surface area contributed by atoms with Crippen LogP contribution in [0.15, 0.2) is 45.6 Å². The number of ether oxygens (including phenoxy) is 1. The Morgan fingerprint density at radius 3 is 2.46 bits per heavy atom. The molecule has 0 aliphatic heterocycles. The fourth-order valence-corrected chi connectivity index (χ4v) is 2.94. The first-order chi connectivity index (χ1) is 12.4. The Morgan fingerprint density at radius 2 is 1.81 bits per heavy atom. The van der Waals surface area contributed by atoms with Gasteiger partial charge in [-0.15, -0.1) is 0 Å². The van der Waals surface area contributed by atoms with Gasteiger partial charge in [-0.3, -0.25) is 0 Å². The minimum atomic E-state index is -1.32. The van der Waals surface area contributed by atoms with Crippen molar-refractivity contribution in [1.29, 1.82) is 0 Å². The Kier molecular flexibility index (Phi) is 5.00. The number of hydrogen-bond donors (Lipinski definition) is 0. The van der Waals surface area contributed by atoms with Crippen molar-refractivity contribution in [3.05, 3.63) is 74.1 Å². The zero-order valence-electron chi connectivity index (χ0n) is 14.3. The van der Waals surface area contributed by atoms with E-state index in [-0.39, 0.29) is 5.56 Å². The van der Waals surface area contributed by atoms with Gasteiger partial charge in [0.2, 0.25) is 0 Å². The van der Waals surface area contributed by atoms with Crippen molar-refractivity contribution in [2.24, 2.45) is 0 Å². The molecule has 0 radical (unpaired) electrons. The van der Waals surface area contributed by atoms with Crippen molar-refractivity contribution < 1.29 is 19.1 Å². The number of carboxylic acids is 1. The quantitative estimate of drug-likeness (QED) is 0.644. The molecule has 3 aromatic rings. The minimum Gasteiger partial charge on any atom is -0.550 e. The maximum atomic E-state index is 12.2. The van der Waals surface area contributed by atoms with Gasteiger partial charge < -0.3 is 19.1 Å². The smallest absolute Gasteiger partial charge is 0.340 e. The molecule has 3 rings (SSSR count). The van der Waals surface area contributed by atoms with Crippen LogP contribution in [-0.2, 0) is 17.8 Å². The van der Waals surface area contributed by atoms with Crippen LogP contribution in [0.5, 0.6) is 5.75 Å². The lowest BCUT2D eigenvalue weighted by atomic mass is 10.0. The van der Waals surface area contributed by atoms with Crippen molar-refractivity contribution in [1.82, 2.24) is 0 Å². The zero-order chi connectivity index (χ0) is 18.8. The fourth-order valence-electron chi connectivity index (χ4n) is 2.82. The molecule has 0 aliphatic rings. The van der Waals surface area contributed by atoms with E-state index in [9.17, 15) is 14.7 Å². The Bertz CT molecular complexity index is 1030. The van der Waals surface area contributed by atoms with Crippen LogP contribution in [0.1, 0.15) is 22.3 Å². The zero-order valence-corrected chi connectivity index (χ0v) is 15.1. The van der Waals surface area contributed by atoms with Gasteiger partial charge in [-0.2, -0.15) is 0 Å². The highest BCUT2D eigenvalue weighted by Gasteiger charge is 2.15. The molecule has 1 aromatic heterocycles. The van der Waals surface area contributed by atoms with Gasteiger partial charge in [-0.25, -0.2) is 4.79 Å². The van der Waals surface area contributed by atoms with Gasteiger partial charge in [0.15, 0.2) is 0 Å². The second kappa shape index (κ2) is 7.22. The number of benzene rings is 2. The molecule has 134 valence electrons. The average molecular weight is 372 g/mol. The van der Waals surface area contributed by atoms with Crippen LogP contribution in [0.4, 0.5) is 0 Å². The van der Waals surface area contributed by atoms with Crippen LogP contribution in [0.3, 0.4) is 0 Å². The van der Waals surface area contributed by atoms with Crippen molar-refractivity contribution in [2.75, 3.05) is 0 Å². The normalized spacial score (nSPS) is 10.9. The maximum Gasteiger partial charge on any atom is 0.340 e. The highest BCUT2D eigenvalue weighted by Crippen LogP contribution is 2.30. The van der Waals surface area contributed by atoms with Gasteiger partial charge in [0.25, 0.3) is 0 Å². The molecule has 0 N–H and O–H groups in total. The van der Waals surface area contributed by atoms with Crippen molar-refractivity contribution in [3.63, 3.8) is 0 Å². The van der Waals surface area contributed by atoms with Crippen molar-refractivity contribution in [3.8, 4) is 5.75 Å². The molecule has 5 nitrogen and oxygen atoms in total. The lowest BCUT2D eigenvalue weighted by Crippen LogP contribution is -2.27. The molecular formula is C20H16ClO5-. The van der Waals surface area contributed by atoms with E-state index in [1.54, 1.807) is 38.1 Å².